The third kappa shape index (κ3) is 2.01. The van der Waals surface area contributed by atoms with Gasteiger partial charge in [-0.1, -0.05) is 0 Å². The first kappa shape index (κ1) is 10.9. The van der Waals surface area contributed by atoms with Crippen molar-refractivity contribution in [2.45, 2.75) is 18.9 Å². The third-order valence-corrected chi connectivity index (χ3v) is 4.25. The quantitative estimate of drug-likeness (QED) is 0.802. The molecule has 0 N–H and O–H groups in total. The summed E-state index contributed by atoms with van der Waals surface area (Å²) in [4.78, 5) is 6.75. The van der Waals surface area contributed by atoms with Crippen molar-refractivity contribution in [3.8, 4) is 11.1 Å². The van der Waals surface area contributed by atoms with E-state index in [1.807, 2.05) is 12.4 Å². The molecule has 1 atom stereocenters. The van der Waals surface area contributed by atoms with Gasteiger partial charge in [0, 0.05) is 18.4 Å². The highest BCUT2D eigenvalue weighted by Gasteiger charge is 2.25. The second-order valence-corrected chi connectivity index (χ2v) is 5.39. The Hall–Kier alpha value is -1.19. The van der Waals surface area contributed by atoms with Gasteiger partial charge in [-0.05, 0) is 66.0 Å². The second kappa shape index (κ2) is 4.59. The monoisotopic (exact) mass is 244 g/mol. The van der Waals surface area contributed by atoms with Gasteiger partial charge < -0.3 is 0 Å². The van der Waals surface area contributed by atoms with Gasteiger partial charge in [0.1, 0.15) is 0 Å². The minimum Gasteiger partial charge on any atom is -0.299 e. The number of hydrogen-bond donors (Lipinski definition) is 0. The molecular formula is C14H16N2S. The van der Waals surface area contributed by atoms with E-state index in [2.05, 4.69) is 39.8 Å². The van der Waals surface area contributed by atoms with E-state index in [9.17, 15) is 0 Å². The molecule has 0 radical (unpaired) electrons. The summed E-state index contributed by atoms with van der Waals surface area (Å²) in [6, 6.07) is 4.88. The topological polar surface area (TPSA) is 16.1 Å². The molecule has 3 rings (SSSR count). The van der Waals surface area contributed by atoms with Crippen LogP contribution in [0.25, 0.3) is 11.1 Å². The summed E-state index contributed by atoms with van der Waals surface area (Å²) in [7, 11) is 2.21. The molecule has 0 amide bonds. The van der Waals surface area contributed by atoms with Crippen molar-refractivity contribution < 1.29 is 0 Å². The fourth-order valence-corrected chi connectivity index (χ4v) is 3.31. The second-order valence-electron chi connectivity index (χ2n) is 4.61. The molecule has 0 spiro atoms. The van der Waals surface area contributed by atoms with Crippen molar-refractivity contribution in [3.63, 3.8) is 0 Å². The SMILES string of the molecule is CN1CCC[C@H]1c1cnccc1-c1ccsc1. The fraction of sp³-hybridized carbons (Fsp3) is 0.357. The van der Waals surface area contributed by atoms with Crippen molar-refractivity contribution in [3.05, 3.63) is 40.8 Å². The molecule has 88 valence electrons. The first-order chi connectivity index (χ1) is 8.36. The van der Waals surface area contributed by atoms with E-state index < -0.39 is 0 Å². The van der Waals surface area contributed by atoms with Crippen LogP contribution in [0.2, 0.25) is 0 Å². The van der Waals surface area contributed by atoms with Crippen LogP contribution in [0, 0.1) is 0 Å². The zero-order valence-electron chi connectivity index (χ0n) is 9.97. The highest BCUT2D eigenvalue weighted by molar-refractivity contribution is 7.08. The number of rotatable bonds is 2. The van der Waals surface area contributed by atoms with Gasteiger partial charge in [-0.3, -0.25) is 9.88 Å². The van der Waals surface area contributed by atoms with E-state index in [0.29, 0.717) is 6.04 Å². The van der Waals surface area contributed by atoms with Crippen molar-refractivity contribution >= 4 is 11.3 Å². The standard InChI is InChI=1S/C14H16N2S/c1-16-7-2-3-14(16)13-9-15-6-4-12(13)11-5-8-17-10-11/h4-6,8-10,14H,2-3,7H2,1H3/t14-/m0/s1. The van der Waals surface area contributed by atoms with Crippen LogP contribution < -0.4 is 0 Å². The number of thiophene rings is 1. The van der Waals surface area contributed by atoms with E-state index in [1.165, 1.54) is 36.1 Å². The number of aromatic nitrogens is 1. The Balaban J connectivity index is 2.05. The van der Waals surface area contributed by atoms with E-state index in [4.69, 9.17) is 0 Å². The Morgan fingerprint density at radius 1 is 1.41 bits per heavy atom. The molecule has 0 aliphatic carbocycles. The summed E-state index contributed by atoms with van der Waals surface area (Å²) in [6.45, 7) is 1.20. The number of hydrogen-bond acceptors (Lipinski definition) is 3. The average Bonchev–Trinajstić information content (AvgIpc) is 3.00. The van der Waals surface area contributed by atoms with E-state index >= 15 is 0 Å². The predicted molar refractivity (Wildman–Crippen MR) is 72.2 cm³/mol. The minimum absolute atomic E-state index is 0.540. The first-order valence-corrected chi connectivity index (χ1v) is 6.97. The number of pyridine rings is 1. The lowest BCUT2D eigenvalue weighted by Crippen LogP contribution is -2.18. The molecule has 17 heavy (non-hydrogen) atoms. The lowest BCUT2D eigenvalue weighted by atomic mass is 9.97. The zero-order chi connectivity index (χ0) is 11.7. The number of nitrogens with zero attached hydrogens (tertiary/aromatic N) is 2. The van der Waals surface area contributed by atoms with Crippen LogP contribution in [0.5, 0.6) is 0 Å². The Morgan fingerprint density at radius 2 is 2.35 bits per heavy atom. The maximum atomic E-state index is 4.31. The van der Waals surface area contributed by atoms with Crippen molar-refractivity contribution in [2.75, 3.05) is 13.6 Å². The van der Waals surface area contributed by atoms with Crippen LogP contribution in [-0.4, -0.2) is 23.5 Å². The van der Waals surface area contributed by atoms with Crippen LogP contribution in [0.4, 0.5) is 0 Å². The van der Waals surface area contributed by atoms with Gasteiger partial charge in [-0.25, -0.2) is 0 Å². The summed E-state index contributed by atoms with van der Waals surface area (Å²) in [6.07, 6.45) is 6.48. The van der Waals surface area contributed by atoms with Crippen LogP contribution in [0.1, 0.15) is 24.4 Å². The Labute approximate surface area is 106 Å². The van der Waals surface area contributed by atoms with Gasteiger partial charge in [0.25, 0.3) is 0 Å². The summed E-state index contributed by atoms with van der Waals surface area (Å²) in [5, 5.41) is 4.35. The molecule has 0 unspecified atom stereocenters. The van der Waals surface area contributed by atoms with E-state index in [0.717, 1.165) is 0 Å². The molecule has 0 aromatic carbocycles. The van der Waals surface area contributed by atoms with Gasteiger partial charge in [0.15, 0.2) is 0 Å². The van der Waals surface area contributed by atoms with Crippen molar-refractivity contribution in [1.29, 1.82) is 0 Å². The van der Waals surface area contributed by atoms with Crippen LogP contribution >= 0.6 is 11.3 Å². The van der Waals surface area contributed by atoms with Crippen molar-refractivity contribution in [1.82, 2.24) is 9.88 Å². The molecule has 2 nitrogen and oxygen atoms in total. The molecule has 2 aromatic heterocycles. The van der Waals surface area contributed by atoms with E-state index in [-0.39, 0.29) is 0 Å². The molecule has 1 aliphatic heterocycles. The summed E-state index contributed by atoms with van der Waals surface area (Å²) >= 11 is 1.75. The van der Waals surface area contributed by atoms with Gasteiger partial charge >= 0.3 is 0 Å². The van der Waals surface area contributed by atoms with Gasteiger partial charge in [-0.2, -0.15) is 11.3 Å². The normalized spacial score (nSPS) is 20.9. The summed E-state index contributed by atoms with van der Waals surface area (Å²) in [5.74, 6) is 0. The molecule has 0 bridgehead atoms. The molecule has 3 heteroatoms. The van der Waals surface area contributed by atoms with Crippen LogP contribution in [-0.2, 0) is 0 Å². The molecule has 1 saturated heterocycles. The van der Waals surface area contributed by atoms with Crippen LogP contribution in [0.3, 0.4) is 0 Å². The molecule has 1 aliphatic rings. The third-order valence-electron chi connectivity index (χ3n) is 3.56. The maximum absolute atomic E-state index is 4.31. The molecule has 0 saturated carbocycles. The lowest BCUT2D eigenvalue weighted by molar-refractivity contribution is 0.317. The average molecular weight is 244 g/mol. The molecule has 3 heterocycles. The number of likely N-dealkylation sites (tertiary alicyclic amines) is 1. The highest BCUT2D eigenvalue weighted by Crippen LogP contribution is 2.36. The summed E-state index contributed by atoms with van der Waals surface area (Å²) < 4.78 is 0. The Kier molecular flexibility index (Phi) is 2.95. The fourth-order valence-electron chi connectivity index (χ4n) is 2.66. The van der Waals surface area contributed by atoms with Gasteiger partial charge in [-0.15, -0.1) is 0 Å². The lowest BCUT2D eigenvalue weighted by Gasteiger charge is -2.21. The van der Waals surface area contributed by atoms with Crippen LogP contribution in [0.15, 0.2) is 35.3 Å². The molecule has 1 fully saturated rings. The molecular weight excluding hydrogens is 228 g/mol. The minimum atomic E-state index is 0.540. The van der Waals surface area contributed by atoms with E-state index in [1.54, 1.807) is 11.3 Å². The Morgan fingerprint density at radius 3 is 3.06 bits per heavy atom. The van der Waals surface area contributed by atoms with Crippen molar-refractivity contribution in [2.24, 2.45) is 0 Å². The largest absolute Gasteiger partial charge is 0.299 e. The highest BCUT2D eigenvalue weighted by atomic mass is 32.1. The molecule has 2 aromatic rings. The first-order valence-electron chi connectivity index (χ1n) is 6.03. The van der Waals surface area contributed by atoms with Gasteiger partial charge in [0.05, 0.1) is 0 Å². The zero-order valence-corrected chi connectivity index (χ0v) is 10.8. The summed E-state index contributed by atoms with van der Waals surface area (Å²) in [5.41, 5.74) is 4.05. The smallest absolute Gasteiger partial charge is 0.0366 e. The Bertz CT molecular complexity index is 493. The predicted octanol–water partition coefficient (Wildman–Crippen LogP) is 3.58. The maximum Gasteiger partial charge on any atom is 0.0366 e. The van der Waals surface area contributed by atoms with Gasteiger partial charge in [0.2, 0.25) is 0 Å².